The Balaban J connectivity index is 3.02. The summed E-state index contributed by atoms with van der Waals surface area (Å²) in [7, 11) is -2.28. The van der Waals surface area contributed by atoms with E-state index < -0.39 is 15.9 Å². The smallest absolute Gasteiger partial charge is 0.253 e. The maximum atomic E-state index is 12.5. The molecule has 0 fully saturated rings. The molecule has 9 heteroatoms. The van der Waals surface area contributed by atoms with Crippen molar-refractivity contribution >= 4 is 33.4 Å². The van der Waals surface area contributed by atoms with Gasteiger partial charge < -0.3 is 10.6 Å². The molecule has 0 atom stereocenters. The van der Waals surface area contributed by atoms with Crippen LogP contribution in [-0.2, 0) is 14.8 Å². The Morgan fingerprint density at radius 3 is 2.32 bits per heavy atom. The zero-order valence-electron chi connectivity index (χ0n) is 15.0. The first kappa shape index (κ1) is 21.4. The molecule has 25 heavy (non-hydrogen) atoms. The molecule has 0 saturated heterocycles. The fraction of sp³-hybridized carbons (Fsp3) is 0.500. The summed E-state index contributed by atoms with van der Waals surface area (Å²) < 4.78 is 26.3. The fourth-order valence-corrected chi connectivity index (χ4v) is 3.51. The number of rotatable bonds is 7. The van der Waals surface area contributed by atoms with E-state index in [1.54, 1.807) is 27.7 Å². The molecule has 1 rings (SSSR count). The van der Waals surface area contributed by atoms with Gasteiger partial charge in [0, 0.05) is 19.1 Å². The summed E-state index contributed by atoms with van der Waals surface area (Å²) in [5.74, 6) is -0.962. The Morgan fingerprint density at radius 1 is 1.20 bits per heavy atom. The molecule has 0 aliphatic heterocycles. The Bertz CT molecular complexity index is 748. The second-order valence-corrected chi connectivity index (χ2v) is 8.57. The summed E-state index contributed by atoms with van der Waals surface area (Å²) in [6.07, 6.45) is 0. The lowest BCUT2D eigenvalue weighted by atomic mass is 10.2. The van der Waals surface area contributed by atoms with Crippen LogP contribution in [0.25, 0.3) is 0 Å². The Morgan fingerprint density at radius 2 is 1.80 bits per heavy atom. The van der Waals surface area contributed by atoms with E-state index >= 15 is 0 Å². The third-order valence-electron chi connectivity index (χ3n) is 3.45. The van der Waals surface area contributed by atoms with E-state index in [-0.39, 0.29) is 40.0 Å². The molecular formula is C16H24ClN3O4S. The first-order chi connectivity index (χ1) is 11.5. The predicted molar refractivity (Wildman–Crippen MR) is 97.1 cm³/mol. The molecule has 0 heterocycles. The Hall–Kier alpha value is -1.64. The summed E-state index contributed by atoms with van der Waals surface area (Å²) in [6, 6.07) is 3.63. The lowest BCUT2D eigenvalue weighted by molar-refractivity contribution is -0.120. The van der Waals surface area contributed by atoms with Crippen LogP contribution < -0.4 is 10.6 Å². The predicted octanol–water partition coefficient (Wildman–Crippen LogP) is 1.62. The lowest BCUT2D eigenvalue weighted by Crippen LogP contribution is -2.40. The van der Waals surface area contributed by atoms with Crippen LogP contribution >= 0.6 is 11.6 Å². The molecule has 140 valence electrons. The van der Waals surface area contributed by atoms with E-state index in [1.807, 2.05) is 0 Å². The molecule has 0 bridgehead atoms. The average Bonchev–Trinajstić information content (AvgIpc) is 2.51. The number of carbonyl (C=O) groups is 2. The van der Waals surface area contributed by atoms with Gasteiger partial charge in [0.25, 0.3) is 5.91 Å². The minimum atomic E-state index is -3.74. The summed E-state index contributed by atoms with van der Waals surface area (Å²) in [6.45, 7) is 6.87. The van der Waals surface area contributed by atoms with Gasteiger partial charge in [0.1, 0.15) is 0 Å². The largest absolute Gasteiger partial charge is 0.352 e. The van der Waals surface area contributed by atoms with Crippen LogP contribution in [0.15, 0.2) is 23.1 Å². The van der Waals surface area contributed by atoms with Gasteiger partial charge >= 0.3 is 0 Å². The van der Waals surface area contributed by atoms with Crippen molar-refractivity contribution in [3.05, 3.63) is 28.8 Å². The van der Waals surface area contributed by atoms with Crippen LogP contribution in [0.4, 0.5) is 0 Å². The van der Waals surface area contributed by atoms with Gasteiger partial charge in [-0.2, -0.15) is 4.31 Å². The van der Waals surface area contributed by atoms with Crippen LogP contribution in [0.5, 0.6) is 0 Å². The van der Waals surface area contributed by atoms with E-state index in [1.165, 1.54) is 29.6 Å². The van der Waals surface area contributed by atoms with Crippen LogP contribution in [0.1, 0.15) is 38.1 Å². The average molecular weight is 390 g/mol. The first-order valence-electron chi connectivity index (χ1n) is 7.82. The van der Waals surface area contributed by atoms with Crippen molar-refractivity contribution in [2.75, 3.05) is 13.6 Å². The highest BCUT2D eigenvalue weighted by atomic mass is 35.5. The van der Waals surface area contributed by atoms with E-state index in [2.05, 4.69) is 10.6 Å². The zero-order valence-corrected chi connectivity index (χ0v) is 16.5. The molecule has 7 nitrogen and oxygen atoms in total. The maximum absolute atomic E-state index is 12.5. The summed E-state index contributed by atoms with van der Waals surface area (Å²) in [4.78, 5) is 23.8. The van der Waals surface area contributed by atoms with Gasteiger partial charge in [0.15, 0.2) is 0 Å². The van der Waals surface area contributed by atoms with E-state index in [9.17, 15) is 18.0 Å². The number of halogens is 1. The van der Waals surface area contributed by atoms with Crippen LogP contribution in [0.2, 0.25) is 5.02 Å². The second-order valence-electron chi connectivity index (χ2n) is 6.16. The molecule has 0 spiro atoms. The molecule has 2 N–H and O–H groups in total. The van der Waals surface area contributed by atoms with Crippen molar-refractivity contribution in [2.45, 2.75) is 44.7 Å². The lowest BCUT2D eigenvalue weighted by Gasteiger charge is -2.21. The summed E-state index contributed by atoms with van der Waals surface area (Å²) in [5.41, 5.74) is -0.00255. The first-order valence-corrected chi connectivity index (χ1v) is 9.63. The minimum absolute atomic E-state index is 0.00255. The molecule has 2 amide bonds. The number of benzene rings is 1. The molecule has 1 aromatic rings. The molecular weight excluding hydrogens is 366 g/mol. The summed E-state index contributed by atoms with van der Waals surface area (Å²) >= 11 is 6.01. The van der Waals surface area contributed by atoms with Gasteiger partial charge in [-0.15, -0.1) is 0 Å². The Kier molecular flexibility index (Phi) is 7.40. The van der Waals surface area contributed by atoms with Crippen molar-refractivity contribution < 1.29 is 18.0 Å². The van der Waals surface area contributed by atoms with Gasteiger partial charge in [0.2, 0.25) is 15.9 Å². The topological polar surface area (TPSA) is 95.6 Å². The SMILES string of the molecule is CC(C)NC(=O)CNC(=O)c1cc(S(=O)(=O)N(C)C(C)C)ccc1Cl. The summed E-state index contributed by atoms with van der Waals surface area (Å²) in [5, 5.41) is 5.17. The van der Waals surface area contributed by atoms with Crippen LogP contribution in [0.3, 0.4) is 0 Å². The van der Waals surface area contributed by atoms with Gasteiger partial charge in [-0.25, -0.2) is 8.42 Å². The van der Waals surface area contributed by atoms with Gasteiger partial charge in [-0.05, 0) is 45.9 Å². The fourth-order valence-electron chi connectivity index (χ4n) is 1.91. The molecule has 0 aliphatic rings. The van der Waals surface area contributed by atoms with Crippen LogP contribution in [-0.4, -0.2) is 50.2 Å². The quantitative estimate of drug-likeness (QED) is 0.740. The van der Waals surface area contributed by atoms with Crippen LogP contribution in [0, 0.1) is 0 Å². The molecule has 0 aromatic heterocycles. The van der Waals surface area contributed by atoms with E-state index in [0.717, 1.165) is 0 Å². The third kappa shape index (κ3) is 5.69. The molecule has 0 saturated carbocycles. The van der Waals surface area contributed by atoms with Crippen molar-refractivity contribution in [2.24, 2.45) is 0 Å². The normalized spacial score (nSPS) is 11.9. The number of sulfonamides is 1. The van der Waals surface area contributed by atoms with E-state index in [4.69, 9.17) is 11.6 Å². The zero-order chi connectivity index (χ0) is 19.4. The number of hydrogen-bond acceptors (Lipinski definition) is 4. The highest BCUT2D eigenvalue weighted by Gasteiger charge is 2.25. The molecule has 0 unspecified atom stereocenters. The van der Waals surface area contributed by atoms with Crippen molar-refractivity contribution in [3.8, 4) is 0 Å². The number of nitrogens with one attached hydrogen (secondary N) is 2. The Labute approximate surface area is 153 Å². The van der Waals surface area contributed by atoms with Crippen molar-refractivity contribution in [3.63, 3.8) is 0 Å². The molecule has 0 radical (unpaired) electrons. The van der Waals surface area contributed by atoms with Gasteiger partial charge in [-0.1, -0.05) is 11.6 Å². The second kappa shape index (κ2) is 8.64. The number of hydrogen-bond donors (Lipinski definition) is 2. The minimum Gasteiger partial charge on any atom is -0.352 e. The third-order valence-corrected chi connectivity index (χ3v) is 5.80. The number of amides is 2. The highest BCUT2D eigenvalue weighted by molar-refractivity contribution is 7.89. The highest BCUT2D eigenvalue weighted by Crippen LogP contribution is 2.23. The van der Waals surface area contributed by atoms with E-state index in [0.29, 0.717) is 0 Å². The monoisotopic (exact) mass is 389 g/mol. The van der Waals surface area contributed by atoms with Gasteiger partial charge in [0.05, 0.1) is 22.0 Å². The number of nitrogens with zero attached hydrogens (tertiary/aromatic N) is 1. The maximum Gasteiger partial charge on any atom is 0.253 e. The van der Waals surface area contributed by atoms with Crippen molar-refractivity contribution in [1.29, 1.82) is 0 Å². The van der Waals surface area contributed by atoms with Gasteiger partial charge in [-0.3, -0.25) is 9.59 Å². The molecule has 0 aliphatic carbocycles. The standard InChI is InChI=1S/C16H24ClN3O4S/c1-10(2)19-15(21)9-18-16(22)13-8-12(6-7-14(13)17)25(23,24)20(5)11(3)4/h6-8,10-11H,9H2,1-5H3,(H,18,22)(H,19,21). The number of carbonyl (C=O) groups excluding carboxylic acids is 2. The van der Waals surface area contributed by atoms with Crippen molar-refractivity contribution in [1.82, 2.24) is 14.9 Å². The molecule has 1 aromatic carbocycles.